The van der Waals surface area contributed by atoms with Crippen LogP contribution in [-0.2, 0) is 0 Å². The molecular formula is C21H22FN5. The molecule has 1 aliphatic rings. The lowest BCUT2D eigenvalue weighted by Crippen LogP contribution is -2.41. The van der Waals surface area contributed by atoms with Crippen LogP contribution < -0.4 is 4.90 Å². The molecule has 0 aromatic heterocycles. The zero-order valence-corrected chi connectivity index (χ0v) is 15.2. The van der Waals surface area contributed by atoms with Gasteiger partial charge in [-0.15, -0.1) is 0 Å². The van der Waals surface area contributed by atoms with Gasteiger partial charge in [0, 0.05) is 31.6 Å². The Morgan fingerprint density at radius 3 is 2.48 bits per heavy atom. The number of para-hydroxylation sites is 1. The van der Waals surface area contributed by atoms with Gasteiger partial charge in [-0.2, -0.15) is 5.26 Å². The zero-order valence-electron chi connectivity index (χ0n) is 15.2. The first-order valence-electron chi connectivity index (χ1n) is 8.91. The van der Waals surface area contributed by atoms with Gasteiger partial charge in [0.05, 0.1) is 17.6 Å². The highest BCUT2D eigenvalue weighted by atomic mass is 19.1. The lowest BCUT2D eigenvalue weighted by atomic mass is 9.92. The number of nitrogens with zero attached hydrogens (tertiary/aromatic N) is 3. The highest BCUT2D eigenvalue weighted by molar-refractivity contribution is 5.90. The summed E-state index contributed by atoms with van der Waals surface area (Å²) in [6, 6.07) is 14.2. The highest BCUT2D eigenvalue weighted by Gasteiger charge is 2.27. The Kier molecular flexibility index (Phi) is 5.51. The molecule has 0 bridgehead atoms. The molecule has 0 radical (unpaired) electrons. The summed E-state index contributed by atoms with van der Waals surface area (Å²) < 4.78 is 13.3. The van der Waals surface area contributed by atoms with E-state index < -0.39 is 0 Å². The number of amidine groups is 1. The first-order chi connectivity index (χ1) is 13.0. The molecule has 5 nitrogen and oxygen atoms in total. The molecule has 1 heterocycles. The second kappa shape index (κ2) is 8.00. The normalized spacial score (nSPS) is 14.5. The number of halogens is 1. The topological polar surface area (TPSA) is 78.0 Å². The number of hydrogen-bond donors (Lipinski definition) is 2. The lowest BCUT2D eigenvalue weighted by molar-refractivity contribution is 0.473. The molecule has 0 saturated carbocycles. The van der Waals surface area contributed by atoms with Gasteiger partial charge in [-0.3, -0.25) is 10.8 Å². The lowest BCUT2D eigenvalue weighted by Gasteiger charge is -2.36. The van der Waals surface area contributed by atoms with Gasteiger partial charge >= 0.3 is 0 Å². The number of hydrogen-bond acceptors (Lipinski definition) is 4. The van der Waals surface area contributed by atoms with Crippen LogP contribution >= 0.6 is 0 Å². The van der Waals surface area contributed by atoms with E-state index in [0.29, 0.717) is 11.4 Å². The van der Waals surface area contributed by atoms with Crippen LogP contribution in [0.4, 0.5) is 10.1 Å². The molecule has 3 rings (SSSR count). The van der Waals surface area contributed by atoms with Crippen LogP contribution in [0.1, 0.15) is 18.4 Å². The molecule has 2 N–H and O–H groups in total. The maximum atomic E-state index is 13.3. The molecule has 2 aromatic carbocycles. The summed E-state index contributed by atoms with van der Waals surface area (Å²) in [5.41, 5.74) is 3.26. The fourth-order valence-corrected chi connectivity index (χ4v) is 3.57. The first-order valence-corrected chi connectivity index (χ1v) is 8.91. The van der Waals surface area contributed by atoms with Crippen molar-refractivity contribution in [2.75, 3.05) is 25.0 Å². The molecule has 2 aromatic rings. The number of piperidine rings is 1. The molecule has 27 heavy (non-hydrogen) atoms. The van der Waals surface area contributed by atoms with Gasteiger partial charge < -0.3 is 9.80 Å². The highest BCUT2D eigenvalue weighted by Crippen LogP contribution is 2.36. The number of anilines is 1. The van der Waals surface area contributed by atoms with Gasteiger partial charge in [0.15, 0.2) is 0 Å². The van der Waals surface area contributed by atoms with Crippen molar-refractivity contribution in [3.05, 3.63) is 53.8 Å². The Hall–Kier alpha value is -3.20. The molecule has 0 atom stereocenters. The van der Waals surface area contributed by atoms with E-state index in [9.17, 15) is 9.65 Å². The van der Waals surface area contributed by atoms with Crippen LogP contribution in [-0.4, -0.2) is 37.2 Å². The maximum Gasteiger partial charge on any atom is 0.123 e. The smallest absolute Gasteiger partial charge is 0.123 e. The van der Waals surface area contributed by atoms with Crippen molar-refractivity contribution < 1.29 is 4.39 Å². The van der Waals surface area contributed by atoms with Gasteiger partial charge in [-0.25, -0.2) is 4.39 Å². The Morgan fingerprint density at radius 2 is 1.89 bits per heavy atom. The van der Waals surface area contributed by atoms with E-state index in [4.69, 9.17) is 10.8 Å². The van der Waals surface area contributed by atoms with Crippen LogP contribution in [0.2, 0.25) is 0 Å². The van der Waals surface area contributed by atoms with Gasteiger partial charge in [0.1, 0.15) is 17.7 Å². The second-order valence-electron chi connectivity index (χ2n) is 6.71. The van der Waals surface area contributed by atoms with Gasteiger partial charge in [-0.1, -0.05) is 24.3 Å². The molecule has 1 saturated heterocycles. The fourth-order valence-electron chi connectivity index (χ4n) is 3.57. The van der Waals surface area contributed by atoms with Crippen LogP contribution in [0, 0.1) is 33.9 Å². The fraction of sp³-hybridized carbons (Fsp3) is 0.286. The van der Waals surface area contributed by atoms with E-state index >= 15 is 0 Å². The van der Waals surface area contributed by atoms with Crippen molar-refractivity contribution in [2.24, 2.45) is 5.92 Å². The first kappa shape index (κ1) is 18.6. The molecule has 0 amide bonds. The standard InChI is InChI=1S/C21H22FN5/c1-26(14-24)21(25)16-9-11-27(12-10-16)20-17(13-23)3-2-4-19(20)15-5-7-18(22)8-6-15/h2-8,14,16,24-25H,9-12H2,1H3. The van der Waals surface area contributed by atoms with Crippen molar-refractivity contribution >= 4 is 17.9 Å². The minimum absolute atomic E-state index is 0.108. The summed E-state index contributed by atoms with van der Waals surface area (Å²) in [6.07, 6.45) is 2.74. The quantitative estimate of drug-likeness (QED) is 0.634. The Balaban J connectivity index is 1.89. The molecule has 0 spiro atoms. The summed E-state index contributed by atoms with van der Waals surface area (Å²) in [5.74, 6) is 0.278. The zero-order chi connectivity index (χ0) is 19.4. The Morgan fingerprint density at radius 1 is 1.22 bits per heavy atom. The third-order valence-corrected chi connectivity index (χ3v) is 5.08. The molecular weight excluding hydrogens is 341 g/mol. The predicted octanol–water partition coefficient (Wildman–Crippen LogP) is 4.10. The summed E-state index contributed by atoms with van der Waals surface area (Å²) in [6.45, 7) is 1.46. The molecule has 1 fully saturated rings. The van der Waals surface area contributed by atoms with E-state index in [-0.39, 0.29) is 11.7 Å². The number of nitrogens with one attached hydrogen (secondary N) is 2. The van der Waals surface area contributed by atoms with Crippen LogP contribution in [0.15, 0.2) is 42.5 Å². The summed E-state index contributed by atoms with van der Waals surface area (Å²) in [7, 11) is 1.72. The van der Waals surface area contributed by atoms with Crippen molar-refractivity contribution in [2.45, 2.75) is 12.8 Å². The largest absolute Gasteiger partial charge is 0.370 e. The molecule has 0 unspecified atom stereocenters. The second-order valence-corrected chi connectivity index (χ2v) is 6.71. The third-order valence-electron chi connectivity index (χ3n) is 5.08. The van der Waals surface area contributed by atoms with E-state index in [2.05, 4.69) is 11.0 Å². The average molecular weight is 363 g/mol. The molecule has 0 aliphatic carbocycles. The minimum atomic E-state index is -0.286. The van der Waals surface area contributed by atoms with Gasteiger partial charge in [-0.05, 0) is 36.6 Å². The van der Waals surface area contributed by atoms with Crippen molar-refractivity contribution in [3.63, 3.8) is 0 Å². The summed E-state index contributed by atoms with van der Waals surface area (Å²) in [4.78, 5) is 3.72. The number of nitriles is 1. The molecule has 6 heteroatoms. The molecule has 1 aliphatic heterocycles. The Labute approximate surface area is 158 Å². The summed E-state index contributed by atoms with van der Waals surface area (Å²) in [5, 5.41) is 25.1. The minimum Gasteiger partial charge on any atom is -0.370 e. The third kappa shape index (κ3) is 3.82. The van der Waals surface area contributed by atoms with Crippen LogP contribution in [0.25, 0.3) is 11.1 Å². The van der Waals surface area contributed by atoms with E-state index in [1.165, 1.54) is 17.0 Å². The average Bonchev–Trinajstić information content (AvgIpc) is 2.72. The SMILES string of the molecule is CN(C=N)C(=N)C1CCN(c2c(C#N)cccc2-c2ccc(F)cc2)CC1. The van der Waals surface area contributed by atoms with E-state index in [1.54, 1.807) is 25.2 Å². The molecule has 138 valence electrons. The summed E-state index contributed by atoms with van der Waals surface area (Å²) >= 11 is 0. The van der Waals surface area contributed by atoms with Crippen LogP contribution in [0.5, 0.6) is 0 Å². The number of rotatable bonds is 4. The van der Waals surface area contributed by atoms with Gasteiger partial charge in [0.2, 0.25) is 0 Å². The van der Waals surface area contributed by atoms with Gasteiger partial charge in [0.25, 0.3) is 0 Å². The van der Waals surface area contributed by atoms with Crippen molar-refractivity contribution in [1.29, 1.82) is 16.1 Å². The van der Waals surface area contributed by atoms with E-state index in [0.717, 1.165) is 49.1 Å². The monoisotopic (exact) mass is 363 g/mol. The van der Waals surface area contributed by atoms with Crippen molar-refractivity contribution in [3.8, 4) is 17.2 Å². The van der Waals surface area contributed by atoms with Crippen LogP contribution in [0.3, 0.4) is 0 Å². The van der Waals surface area contributed by atoms with E-state index in [1.807, 2.05) is 12.1 Å². The predicted molar refractivity (Wildman–Crippen MR) is 106 cm³/mol. The maximum absolute atomic E-state index is 13.3. The number of benzene rings is 2. The Bertz CT molecular complexity index is 876. The van der Waals surface area contributed by atoms with Crippen molar-refractivity contribution in [1.82, 2.24) is 4.90 Å².